The minimum Gasteiger partial charge on any atom is -0.472 e. The fourth-order valence-corrected chi connectivity index (χ4v) is 5.40. The summed E-state index contributed by atoms with van der Waals surface area (Å²) in [6.07, 6.45) is 3.02. The van der Waals surface area contributed by atoms with Crippen LogP contribution < -0.4 is 5.73 Å². The molecule has 2 N–H and O–H groups in total. The van der Waals surface area contributed by atoms with Crippen molar-refractivity contribution in [2.75, 3.05) is 12.8 Å². The van der Waals surface area contributed by atoms with Crippen molar-refractivity contribution in [2.45, 2.75) is 11.4 Å². The van der Waals surface area contributed by atoms with Crippen molar-refractivity contribution in [1.29, 1.82) is 0 Å². The second kappa shape index (κ2) is 5.88. The van der Waals surface area contributed by atoms with Crippen molar-refractivity contribution in [3.63, 3.8) is 0 Å². The van der Waals surface area contributed by atoms with Gasteiger partial charge in [-0.15, -0.1) is 0 Å². The maximum absolute atomic E-state index is 12.6. The van der Waals surface area contributed by atoms with Crippen LogP contribution in [0, 0.1) is 0 Å². The summed E-state index contributed by atoms with van der Waals surface area (Å²) in [5, 5.41) is 0. The fourth-order valence-electron chi connectivity index (χ4n) is 1.71. The van der Waals surface area contributed by atoms with Crippen LogP contribution in [0.5, 0.6) is 0 Å². The lowest BCUT2D eigenvalue weighted by Gasteiger charge is -2.18. The van der Waals surface area contributed by atoms with Gasteiger partial charge in [-0.25, -0.2) is 8.42 Å². The molecule has 0 aliphatic carbocycles. The molecular weight excluding hydrogens is 412 g/mol. The van der Waals surface area contributed by atoms with Gasteiger partial charge in [-0.1, -0.05) is 0 Å². The van der Waals surface area contributed by atoms with Gasteiger partial charge in [0.2, 0.25) is 10.0 Å². The van der Waals surface area contributed by atoms with Crippen molar-refractivity contribution in [1.82, 2.24) is 4.31 Å². The molecule has 8 heteroatoms. The highest BCUT2D eigenvalue weighted by Gasteiger charge is 2.26. The van der Waals surface area contributed by atoms with E-state index in [1.807, 2.05) is 0 Å². The summed E-state index contributed by atoms with van der Waals surface area (Å²) >= 11 is 6.49. The SMILES string of the molecule is CN(Cc1ccoc1)S(=O)(=O)c1c(Br)cc(N)cc1Br. The van der Waals surface area contributed by atoms with Crippen molar-refractivity contribution >= 4 is 47.6 Å². The summed E-state index contributed by atoms with van der Waals surface area (Å²) in [5.74, 6) is 0. The first-order valence-electron chi connectivity index (χ1n) is 5.54. The molecule has 0 atom stereocenters. The van der Waals surface area contributed by atoms with Gasteiger partial charge in [0.15, 0.2) is 0 Å². The Hall–Kier alpha value is -0.830. The van der Waals surface area contributed by atoms with Gasteiger partial charge in [-0.2, -0.15) is 4.31 Å². The molecule has 5 nitrogen and oxygen atoms in total. The molecule has 108 valence electrons. The molecule has 0 unspecified atom stereocenters. The average molecular weight is 424 g/mol. The second-order valence-electron chi connectivity index (χ2n) is 4.21. The van der Waals surface area contributed by atoms with Crippen LogP contribution in [0.2, 0.25) is 0 Å². The number of nitrogen functional groups attached to an aromatic ring is 1. The van der Waals surface area contributed by atoms with E-state index in [1.165, 1.54) is 23.9 Å². The summed E-state index contributed by atoms with van der Waals surface area (Å²) in [4.78, 5) is 0.151. The average Bonchev–Trinajstić information content (AvgIpc) is 2.79. The molecular formula is C12H12Br2N2O3S. The number of furan rings is 1. The Kier molecular flexibility index (Phi) is 4.58. The molecule has 20 heavy (non-hydrogen) atoms. The standard InChI is InChI=1S/C12H12Br2N2O3S/c1-16(6-8-2-3-19-7-8)20(17,18)12-10(13)4-9(15)5-11(12)14/h2-5,7H,6,15H2,1H3. The minimum absolute atomic E-state index is 0.151. The fraction of sp³-hybridized carbons (Fsp3) is 0.167. The van der Waals surface area contributed by atoms with E-state index in [4.69, 9.17) is 10.2 Å². The highest BCUT2D eigenvalue weighted by Crippen LogP contribution is 2.34. The molecule has 0 aliphatic rings. The number of rotatable bonds is 4. The summed E-state index contributed by atoms with van der Waals surface area (Å²) in [6, 6.07) is 4.84. The van der Waals surface area contributed by atoms with Gasteiger partial charge in [0, 0.05) is 33.8 Å². The van der Waals surface area contributed by atoms with Crippen molar-refractivity contribution in [3.8, 4) is 0 Å². The van der Waals surface area contributed by atoms with Crippen LogP contribution in [0.4, 0.5) is 5.69 Å². The molecule has 1 heterocycles. The summed E-state index contributed by atoms with van der Waals surface area (Å²) in [6.45, 7) is 0.224. The van der Waals surface area contributed by atoms with Crippen LogP contribution in [0.25, 0.3) is 0 Å². The lowest BCUT2D eigenvalue weighted by molar-refractivity contribution is 0.462. The normalized spacial score (nSPS) is 12.0. The van der Waals surface area contributed by atoms with Gasteiger partial charge in [0.25, 0.3) is 0 Å². The predicted octanol–water partition coefficient (Wildman–Crippen LogP) is 3.21. The van der Waals surface area contributed by atoms with E-state index in [1.54, 1.807) is 18.2 Å². The molecule has 0 fully saturated rings. The highest BCUT2D eigenvalue weighted by atomic mass is 79.9. The van der Waals surface area contributed by atoms with E-state index < -0.39 is 10.0 Å². The number of nitrogens with zero attached hydrogens (tertiary/aromatic N) is 1. The Morgan fingerprint density at radius 1 is 1.30 bits per heavy atom. The third-order valence-corrected chi connectivity index (χ3v) is 6.36. The van der Waals surface area contributed by atoms with E-state index in [-0.39, 0.29) is 11.4 Å². The molecule has 0 spiro atoms. The van der Waals surface area contributed by atoms with Crippen LogP contribution in [0.1, 0.15) is 5.56 Å². The van der Waals surface area contributed by atoms with Crippen LogP contribution in [0.15, 0.2) is 49.0 Å². The molecule has 0 saturated carbocycles. The molecule has 0 amide bonds. The first-order chi connectivity index (χ1) is 9.32. The monoisotopic (exact) mass is 422 g/mol. The zero-order valence-corrected chi connectivity index (χ0v) is 14.5. The van der Waals surface area contributed by atoms with Crippen molar-refractivity contribution in [2.24, 2.45) is 0 Å². The third kappa shape index (κ3) is 3.08. The molecule has 0 aliphatic heterocycles. The van der Waals surface area contributed by atoms with Gasteiger partial charge in [0.1, 0.15) is 4.90 Å². The summed E-state index contributed by atoms with van der Waals surface area (Å²) in [7, 11) is -2.14. The zero-order chi connectivity index (χ0) is 14.9. The first kappa shape index (κ1) is 15.6. The summed E-state index contributed by atoms with van der Waals surface area (Å²) in [5.41, 5.74) is 6.93. The molecule has 2 rings (SSSR count). The largest absolute Gasteiger partial charge is 0.472 e. The van der Waals surface area contributed by atoms with Crippen LogP contribution in [-0.4, -0.2) is 19.8 Å². The number of nitrogens with two attached hydrogens (primary N) is 1. The Morgan fingerprint density at radius 3 is 2.40 bits per heavy atom. The highest BCUT2D eigenvalue weighted by molar-refractivity contribution is 9.11. The molecule has 0 radical (unpaired) electrons. The van der Waals surface area contributed by atoms with Gasteiger partial charge >= 0.3 is 0 Å². The maximum atomic E-state index is 12.6. The van der Waals surface area contributed by atoms with Gasteiger partial charge in [0.05, 0.1) is 12.5 Å². The molecule has 2 aromatic rings. The van der Waals surface area contributed by atoms with E-state index >= 15 is 0 Å². The second-order valence-corrected chi connectivity index (χ2v) is 7.90. The van der Waals surface area contributed by atoms with E-state index in [0.717, 1.165) is 5.56 Å². The van der Waals surface area contributed by atoms with Crippen LogP contribution >= 0.6 is 31.9 Å². The van der Waals surface area contributed by atoms with Crippen molar-refractivity contribution in [3.05, 3.63) is 45.2 Å². The number of hydrogen-bond acceptors (Lipinski definition) is 4. The van der Waals surface area contributed by atoms with Gasteiger partial charge in [-0.3, -0.25) is 0 Å². The van der Waals surface area contributed by atoms with Crippen LogP contribution in [0.3, 0.4) is 0 Å². The Labute approximate surface area is 134 Å². The molecule has 0 bridgehead atoms. The quantitative estimate of drug-likeness (QED) is 0.766. The van der Waals surface area contributed by atoms with Gasteiger partial charge in [-0.05, 0) is 50.1 Å². The lowest BCUT2D eigenvalue weighted by atomic mass is 10.3. The zero-order valence-electron chi connectivity index (χ0n) is 10.5. The smallest absolute Gasteiger partial charge is 0.245 e. The maximum Gasteiger partial charge on any atom is 0.245 e. The predicted molar refractivity (Wildman–Crippen MR) is 83.6 cm³/mol. The first-order valence-corrected chi connectivity index (χ1v) is 8.57. The minimum atomic E-state index is -3.65. The third-order valence-electron chi connectivity index (χ3n) is 2.67. The van der Waals surface area contributed by atoms with Crippen molar-refractivity contribution < 1.29 is 12.8 Å². The number of halogens is 2. The summed E-state index contributed by atoms with van der Waals surface area (Å²) < 4.78 is 32.2. The molecule has 0 saturated heterocycles. The Morgan fingerprint density at radius 2 is 1.90 bits per heavy atom. The number of benzene rings is 1. The Balaban J connectivity index is 2.40. The number of anilines is 1. The van der Waals surface area contributed by atoms with E-state index in [9.17, 15) is 8.42 Å². The van der Waals surface area contributed by atoms with E-state index in [2.05, 4.69) is 31.9 Å². The van der Waals surface area contributed by atoms with Gasteiger partial charge < -0.3 is 10.2 Å². The lowest BCUT2D eigenvalue weighted by Crippen LogP contribution is -2.27. The van der Waals surface area contributed by atoms with E-state index in [0.29, 0.717) is 14.6 Å². The topological polar surface area (TPSA) is 76.5 Å². The molecule has 1 aromatic heterocycles. The Bertz CT molecular complexity index is 691. The molecule has 1 aromatic carbocycles. The number of hydrogen-bond donors (Lipinski definition) is 1. The van der Waals surface area contributed by atoms with Crippen LogP contribution in [-0.2, 0) is 16.6 Å². The number of sulfonamides is 1.